The summed E-state index contributed by atoms with van der Waals surface area (Å²) >= 11 is 0. The van der Waals surface area contributed by atoms with E-state index in [0.29, 0.717) is 31.3 Å². The third-order valence-corrected chi connectivity index (χ3v) is 5.65. The fourth-order valence-corrected chi connectivity index (χ4v) is 4.00. The zero-order valence-electron chi connectivity index (χ0n) is 18.2. The van der Waals surface area contributed by atoms with Crippen LogP contribution in [0.1, 0.15) is 23.2 Å². The predicted molar refractivity (Wildman–Crippen MR) is 124 cm³/mol. The third kappa shape index (κ3) is 5.37. The molecule has 13 nitrogen and oxygen atoms in total. The molecule has 1 aromatic heterocycles. The van der Waals surface area contributed by atoms with Gasteiger partial charge in [0, 0.05) is 68.5 Å². The number of amides is 1. The zero-order chi connectivity index (χ0) is 23.7. The zero-order valence-corrected chi connectivity index (χ0v) is 20.4. The van der Waals surface area contributed by atoms with Crippen LogP contribution in [0.3, 0.4) is 0 Å². The number of nitrogens with two attached hydrogens (primary N) is 1. The van der Waals surface area contributed by atoms with Gasteiger partial charge in [-0.3, -0.25) is 19.4 Å². The Morgan fingerprint density at radius 1 is 1.24 bits per heavy atom. The quantitative estimate of drug-likeness (QED) is 0.259. The van der Waals surface area contributed by atoms with Crippen molar-refractivity contribution in [2.75, 3.05) is 40.6 Å². The molecule has 1 fully saturated rings. The summed E-state index contributed by atoms with van der Waals surface area (Å²) in [6.07, 6.45) is -0.583. The molecule has 3 heterocycles. The van der Waals surface area contributed by atoms with Gasteiger partial charge < -0.3 is 36.4 Å². The number of nitrogens with one attached hydrogen (secondary N) is 3. The van der Waals surface area contributed by atoms with E-state index in [9.17, 15) is 24.3 Å². The second kappa shape index (κ2) is 10.5. The number of carbonyl (C=O) groups excluding carboxylic acids is 1. The number of hydrogen-bond acceptors (Lipinski definition) is 9. The topological polar surface area (TPSA) is 194 Å². The Hall–Kier alpha value is -3.03. The standard InChI is InChI=1S/C20H23N7O6.Ca/c21-20-24-16-15(18(31)25-20)27-9-26(8-12(27)7-22-16)11-3-1-10(2-4-11)17(30)23-13(19(32)33)5-6-14(28)29;/h1-4,12-13H,5-9H2,(H,23,30)(H,28,29)(H,32,33)(H4,21,22,24,25,31);/t12-,13+;/m1./s1. The van der Waals surface area contributed by atoms with Gasteiger partial charge in [-0.1, -0.05) is 0 Å². The SMILES string of the molecule is Nc1nc2c(c(=O)[nH]1)N1CN(c3ccc(C(=O)N[C@@H](CCC(=O)O)C(=O)O)cc3)C[C@H]1CN2.[Ca]. The molecule has 1 amide bonds. The first-order valence-corrected chi connectivity index (χ1v) is 10.2. The van der Waals surface area contributed by atoms with Crippen molar-refractivity contribution in [2.24, 2.45) is 0 Å². The first kappa shape index (κ1) is 25.6. The van der Waals surface area contributed by atoms with Gasteiger partial charge >= 0.3 is 11.9 Å². The summed E-state index contributed by atoms with van der Waals surface area (Å²) in [5.74, 6) is -2.55. The summed E-state index contributed by atoms with van der Waals surface area (Å²) in [4.78, 5) is 57.5. The number of aromatic nitrogens is 2. The molecule has 176 valence electrons. The number of anilines is 4. The second-order valence-electron chi connectivity index (χ2n) is 7.86. The van der Waals surface area contributed by atoms with Crippen LogP contribution in [0.2, 0.25) is 0 Å². The van der Waals surface area contributed by atoms with Gasteiger partial charge in [0.15, 0.2) is 5.82 Å². The van der Waals surface area contributed by atoms with E-state index in [-0.39, 0.29) is 73.7 Å². The van der Waals surface area contributed by atoms with Gasteiger partial charge in [0.05, 0.1) is 12.7 Å². The van der Waals surface area contributed by atoms with Crippen LogP contribution in [-0.2, 0) is 9.59 Å². The molecule has 0 saturated carbocycles. The minimum Gasteiger partial charge on any atom is -0.481 e. The van der Waals surface area contributed by atoms with Crippen molar-refractivity contribution >= 4 is 78.7 Å². The molecule has 7 N–H and O–H groups in total. The van der Waals surface area contributed by atoms with Crippen LogP contribution >= 0.6 is 0 Å². The number of rotatable bonds is 7. The van der Waals surface area contributed by atoms with Crippen molar-refractivity contribution in [1.29, 1.82) is 0 Å². The number of benzene rings is 1. The van der Waals surface area contributed by atoms with Crippen molar-refractivity contribution in [3.05, 3.63) is 40.2 Å². The smallest absolute Gasteiger partial charge is 0.326 e. The van der Waals surface area contributed by atoms with E-state index in [1.54, 1.807) is 24.3 Å². The number of H-pyrrole nitrogens is 1. The number of carboxylic acids is 2. The molecule has 2 radical (unpaired) electrons. The van der Waals surface area contributed by atoms with Crippen molar-refractivity contribution in [2.45, 2.75) is 24.9 Å². The Morgan fingerprint density at radius 2 is 1.94 bits per heavy atom. The maximum atomic E-state index is 12.4. The first-order chi connectivity index (χ1) is 15.7. The molecule has 2 aliphatic rings. The van der Waals surface area contributed by atoms with E-state index in [2.05, 4.69) is 20.6 Å². The summed E-state index contributed by atoms with van der Waals surface area (Å²) in [5, 5.41) is 23.4. The van der Waals surface area contributed by atoms with E-state index < -0.39 is 23.9 Å². The molecule has 0 unspecified atom stereocenters. The Bertz CT molecular complexity index is 1160. The normalized spacial score (nSPS) is 17.0. The van der Waals surface area contributed by atoms with E-state index in [1.807, 2.05) is 9.80 Å². The summed E-state index contributed by atoms with van der Waals surface area (Å²) in [7, 11) is 0. The van der Waals surface area contributed by atoms with Crippen LogP contribution in [0.5, 0.6) is 0 Å². The summed E-state index contributed by atoms with van der Waals surface area (Å²) in [6, 6.07) is 5.35. The first-order valence-electron chi connectivity index (χ1n) is 10.2. The van der Waals surface area contributed by atoms with Gasteiger partial charge in [0.25, 0.3) is 11.5 Å². The summed E-state index contributed by atoms with van der Waals surface area (Å²) in [5.41, 5.74) is 6.81. The molecule has 34 heavy (non-hydrogen) atoms. The van der Waals surface area contributed by atoms with Crippen molar-refractivity contribution < 1.29 is 24.6 Å². The number of fused-ring (bicyclic) bond motifs is 3. The van der Waals surface area contributed by atoms with E-state index in [1.165, 1.54) is 0 Å². The Kier molecular flexibility index (Phi) is 7.89. The van der Waals surface area contributed by atoms with Crippen molar-refractivity contribution in [1.82, 2.24) is 15.3 Å². The van der Waals surface area contributed by atoms with Crippen molar-refractivity contribution in [3.8, 4) is 0 Å². The average Bonchev–Trinajstić information content (AvgIpc) is 3.20. The van der Waals surface area contributed by atoms with E-state index in [0.717, 1.165) is 5.69 Å². The number of aromatic amines is 1. The molecule has 0 aliphatic carbocycles. The molecule has 0 bridgehead atoms. The van der Waals surface area contributed by atoms with Gasteiger partial charge in [-0.15, -0.1) is 0 Å². The van der Waals surface area contributed by atoms with Gasteiger partial charge in [-0.2, -0.15) is 4.98 Å². The van der Waals surface area contributed by atoms with Crippen LogP contribution in [0.25, 0.3) is 0 Å². The molecule has 4 rings (SSSR count). The molecule has 14 heteroatoms. The molecule has 0 spiro atoms. The summed E-state index contributed by atoms with van der Waals surface area (Å²) in [6.45, 7) is 1.67. The Morgan fingerprint density at radius 3 is 2.59 bits per heavy atom. The number of nitrogens with zero attached hydrogens (tertiary/aromatic N) is 3. The number of aliphatic carboxylic acids is 2. The molecule has 2 aliphatic heterocycles. The molecule has 2 aromatic rings. The van der Waals surface area contributed by atoms with Gasteiger partial charge in [-0.25, -0.2) is 4.79 Å². The third-order valence-electron chi connectivity index (χ3n) is 5.65. The largest absolute Gasteiger partial charge is 0.481 e. The second-order valence-corrected chi connectivity index (χ2v) is 7.86. The Balaban J connectivity index is 0.00000324. The van der Waals surface area contributed by atoms with Crippen molar-refractivity contribution in [3.63, 3.8) is 0 Å². The maximum absolute atomic E-state index is 12.4. The van der Waals surface area contributed by atoms with Crippen LogP contribution in [0.15, 0.2) is 29.1 Å². The fourth-order valence-electron chi connectivity index (χ4n) is 4.00. The number of carbonyl (C=O) groups is 3. The van der Waals surface area contributed by atoms with Gasteiger partial charge in [0.1, 0.15) is 11.7 Å². The minimum absolute atomic E-state index is 0. The molecule has 1 saturated heterocycles. The molecule has 1 aromatic carbocycles. The minimum atomic E-state index is -1.30. The fraction of sp³-hybridized carbons (Fsp3) is 0.350. The predicted octanol–water partition coefficient (Wildman–Crippen LogP) is -0.903. The van der Waals surface area contributed by atoms with Crippen LogP contribution in [0, 0.1) is 0 Å². The van der Waals surface area contributed by atoms with E-state index in [4.69, 9.17) is 10.8 Å². The monoisotopic (exact) mass is 497 g/mol. The van der Waals surface area contributed by atoms with Crippen LogP contribution in [0.4, 0.5) is 23.1 Å². The number of carboxylic acid groups (broad SMARTS) is 2. The van der Waals surface area contributed by atoms with Gasteiger partial charge in [0.2, 0.25) is 5.95 Å². The molecular weight excluding hydrogens is 474 g/mol. The molecular formula is C20H23CaN7O6. The van der Waals surface area contributed by atoms with Crippen LogP contribution in [-0.4, -0.2) is 108 Å². The molecule has 2 atom stereocenters. The average molecular weight is 498 g/mol. The van der Waals surface area contributed by atoms with Gasteiger partial charge in [-0.05, 0) is 30.7 Å². The Labute approximate surface area is 223 Å². The summed E-state index contributed by atoms with van der Waals surface area (Å²) < 4.78 is 0. The number of nitrogen functional groups attached to an aromatic ring is 1. The van der Waals surface area contributed by atoms with Crippen LogP contribution < -0.4 is 31.7 Å². The maximum Gasteiger partial charge on any atom is 0.326 e. The number of hydrogen-bond donors (Lipinski definition) is 6. The van der Waals surface area contributed by atoms with E-state index >= 15 is 0 Å².